The molecule has 4 rings (SSSR count). The smallest absolute Gasteiger partial charge is 0.168 e. The second-order valence-electron chi connectivity index (χ2n) is 6.82. The van der Waals surface area contributed by atoms with E-state index in [0.717, 1.165) is 12.5 Å². The molecule has 22 heavy (non-hydrogen) atoms. The molecule has 1 saturated carbocycles. The van der Waals surface area contributed by atoms with Crippen LogP contribution in [0.15, 0.2) is 12.1 Å². The van der Waals surface area contributed by atoms with Gasteiger partial charge in [-0.3, -0.25) is 0 Å². The number of hydrogen-bond acceptors (Lipinski definition) is 3. The van der Waals surface area contributed by atoms with Crippen molar-refractivity contribution in [3.05, 3.63) is 29.3 Å². The zero-order valence-electron chi connectivity index (χ0n) is 12.7. The van der Waals surface area contributed by atoms with Gasteiger partial charge in [0.05, 0.1) is 19.8 Å². The van der Waals surface area contributed by atoms with Crippen molar-refractivity contribution < 1.29 is 23.0 Å². The van der Waals surface area contributed by atoms with Gasteiger partial charge in [0.15, 0.2) is 17.4 Å². The van der Waals surface area contributed by atoms with Crippen molar-refractivity contribution in [3.8, 4) is 5.75 Å². The molecule has 0 N–H and O–H groups in total. The van der Waals surface area contributed by atoms with Crippen molar-refractivity contribution >= 4 is 0 Å². The van der Waals surface area contributed by atoms with Gasteiger partial charge in [-0.05, 0) is 25.0 Å². The fraction of sp³-hybridized carbons (Fsp3) is 0.647. The van der Waals surface area contributed by atoms with Crippen molar-refractivity contribution in [2.24, 2.45) is 5.92 Å². The Kier molecular flexibility index (Phi) is 3.20. The maximum absolute atomic E-state index is 14.4. The lowest BCUT2D eigenvalue weighted by molar-refractivity contribution is -0.294. The highest BCUT2D eigenvalue weighted by Gasteiger charge is 2.53. The molecule has 0 aromatic heterocycles. The highest BCUT2D eigenvalue weighted by molar-refractivity contribution is 5.44. The Morgan fingerprint density at radius 1 is 1.09 bits per heavy atom. The third-order valence-electron chi connectivity index (χ3n) is 5.56. The number of ether oxygens (including phenoxy) is 3. The van der Waals surface area contributed by atoms with Gasteiger partial charge < -0.3 is 14.2 Å². The normalized spacial score (nSPS) is 33.0. The first kappa shape index (κ1) is 14.4. The molecule has 5 heteroatoms. The minimum Gasteiger partial charge on any atom is -0.490 e. The average molecular weight is 310 g/mol. The predicted octanol–water partition coefficient (Wildman–Crippen LogP) is 3.55. The van der Waals surface area contributed by atoms with Crippen LogP contribution in [0.4, 0.5) is 8.78 Å². The molecule has 0 bridgehead atoms. The molecule has 2 atom stereocenters. The molecule has 2 unspecified atom stereocenters. The van der Waals surface area contributed by atoms with Crippen LogP contribution in [0.25, 0.3) is 0 Å². The Hall–Kier alpha value is -1.20. The molecule has 0 amide bonds. The lowest BCUT2D eigenvalue weighted by atomic mass is 9.61. The van der Waals surface area contributed by atoms with E-state index in [9.17, 15) is 8.78 Å². The Labute approximate surface area is 128 Å². The van der Waals surface area contributed by atoms with Gasteiger partial charge in [-0.15, -0.1) is 0 Å². The van der Waals surface area contributed by atoms with Gasteiger partial charge >= 0.3 is 0 Å². The van der Waals surface area contributed by atoms with E-state index in [1.807, 2.05) is 6.92 Å². The van der Waals surface area contributed by atoms with E-state index in [4.69, 9.17) is 14.2 Å². The molecule has 1 saturated heterocycles. The summed E-state index contributed by atoms with van der Waals surface area (Å²) in [5.41, 5.74) is -0.0516. The van der Waals surface area contributed by atoms with Crippen molar-refractivity contribution in [1.82, 2.24) is 0 Å². The first-order chi connectivity index (χ1) is 10.5. The maximum Gasteiger partial charge on any atom is 0.168 e. The highest BCUT2D eigenvalue weighted by atomic mass is 19.1. The minimum atomic E-state index is -0.562. The van der Waals surface area contributed by atoms with Crippen molar-refractivity contribution in [3.63, 3.8) is 0 Å². The molecule has 120 valence electrons. The van der Waals surface area contributed by atoms with Crippen LogP contribution in [0, 0.1) is 17.6 Å². The van der Waals surface area contributed by atoms with Crippen molar-refractivity contribution in [2.45, 2.75) is 43.8 Å². The molecule has 2 fully saturated rings. The average Bonchev–Trinajstić information content (AvgIpc) is 2.52. The summed E-state index contributed by atoms with van der Waals surface area (Å²) in [5.74, 6) is -1.29. The van der Waals surface area contributed by atoms with Gasteiger partial charge in [-0.25, -0.2) is 8.78 Å². The molecule has 2 aliphatic heterocycles. The second kappa shape index (κ2) is 4.90. The fourth-order valence-electron chi connectivity index (χ4n) is 4.20. The summed E-state index contributed by atoms with van der Waals surface area (Å²) in [6.07, 6.45) is 2.98. The quantitative estimate of drug-likeness (QED) is 0.733. The van der Waals surface area contributed by atoms with Crippen LogP contribution in [0.1, 0.15) is 38.2 Å². The zero-order chi connectivity index (χ0) is 15.4. The first-order valence-corrected chi connectivity index (χ1v) is 7.93. The summed E-state index contributed by atoms with van der Waals surface area (Å²) < 4.78 is 45.8. The number of fused-ring (bicyclic) bond motifs is 3. The number of rotatable bonds is 0. The number of benzene rings is 1. The summed E-state index contributed by atoms with van der Waals surface area (Å²) in [7, 11) is 0. The van der Waals surface area contributed by atoms with Gasteiger partial charge in [0.1, 0.15) is 5.82 Å². The Balaban J connectivity index is 1.72. The number of halogens is 2. The molecule has 2 heterocycles. The third-order valence-corrected chi connectivity index (χ3v) is 5.56. The summed E-state index contributed by atoms with van der Waals surface area (Å²) in [6, 6.07) is 2.33. The molecule has 1 aliphatic carbocycles. The minimum absolute atomic E-state index is 0.0585. The van der Waals surface area contributed by atoms with Crippen LogP contribution in [0.5, 0.6) is 5.75 Å². The third kappa shape index (κ3) is 1.98. The Morgan fingerprint density at radius 3 is 2.59 bits per heavy atom. The van der Waals surface area contributed by atoms with E-state index in [2.05, 4.69) is 0 Å². The van der Waals surface area contributed by atoms with E-state index in [1.54, 1.807) is 0 Å². The largest absolute Gasteiger partial charge is 0.490 e. The zero-order valence-corrected chi connectivity index (χ0v) is 12.7. The topological polar surface area (TPSA) is 27.7 Å². The standard InChI is InChI=1S/C17H20F2O3/c1-16-5-6-17(21-7-2-8-22-17)9-11(16)10-20-15-13(19)4-3-12(18)14(15)16/h3-4,11H,2,5-10H2,1H3. The van der Waals surface area contributed by atoms with Crippen LogP contribution in [-0.2, 0) is 14.9 Å². The second-order valence-corrected chi connectivity index (χ2v) is 6.82. The monoisotopic (exact) mass is 310 g/mol. The molecular weight excluding hydrogens is 290 g/mol. The molecule has 0 radical (unpaired) electrons. The van der Waals surface area contributed by atoms with Crippen LogP contribution in [0.2, 0.25) is 0 Å². The van der Waals surface area contributed by atoms with E-state index in [0.29, 0.717) is 44.6 Å². The van der Waals surface area contributed by atoms with Crippen molar-refractivity contribution in [2.75, 3.05) is 19.8 Å². The first-order valence-electron chi connectivity index (χ1n) is 7.93. The SMILES string of the molecule is CC12CCC3(CC1COc1c(F)ccc(F)c12)OCCCO3. The van der Waals surface area contributed by atoms with Gasteiger partial charge in [0.25, 0.3) is 0 Å². The molecule has 3 aliphatic rings. The molecular formula is C17H20F2O3. The molecule has 3 nitrogen and oxygen atoms in total. The van der Waals surface area contributed by atoms with E-state index < -0.39 is 17.0 Å². The van der Waals surface area contributed by atoms with E-state index >= 15 is 0 Å². The summed E-state index contributed by atoms with van der Waals surface area (Å²) >= 11 is 0. The van der Waals surface area contributed by atoms with Gasteiger partial charge in [-0.2, -0.15) is 0 Å². The van der Waals surface area contributed by atoms with Crippen LogP contribution in [0.3, 0.4) is 0 Å². The van der Waals surface area contributed by atoms with Crippen LogP contribution < -0.4 is 4.74 Å². The molecule has 1 aromatic rings. The van der Waals surface area contributed by atoms with Crippen LogP contribution in [-0.4, -0.2) is 25.6 Å². The van der Waals surface area contributed by atoms with Gasteiger partial charge in [0, 0.05) is 29.7 Å². The summed E-state index contributed by atoms with van der Waals surface area (Å²) in [6.45, 7) is 3.78. The van der Waals surface area contributed by atoms with Gasteiger partial charge in [0.2, 0.25) is 0 Å². The number of hydrogen-bond donors (Lipinski definition) is 0. The lowest BCUT2D eigenvalue weighted by Crippen LogP contribution is -2.54. The Morgan fingerprint density at radius 2 is 1.82 bits per heavy atom. The molecule has 1 spiro atoms. The fourth-order valence-corrected chi connectivity index (χ4v) is 4.20. The van der Waals surface area contributed by atoms with E-state index in [1.165, 1.54) is 6.07 Å². The summed E-state index contributed by atoms with van der Waals surface area (Å²) in [4.78, 5) is 0. The lowest BCUT2D eigenvalue weighted by Gasteiger charge is -2.52. The maximum atomic E-state index is 14.4. The highest BCUT2D eigenvalue weighted by Crippen LogP contribution is 2.54. The predicted molar refractivity (Wildman–Crippen MR) is 75.8 cm³/mol. The van der Waals surface area contributed by atoms with Gasteiger partial charge in [-0.1, -0.05) is 6.92 Å². The summed E-state index contributed by atoms with van der Waals surface area (Å²) in [5, 5.41) is 0. The molecule has 1 aromatic carbocycles. The van der Waals surface area contributed by atoms with Crippen LogP contribution >= 0.6 is 0 Å². The van der Waals surface area contributed by atoms with E-state index in [-0.39, 0.29) is 17.5 Å². The van der Waals surface area contributed by atoms with Crippen molar-refractivity contribution in [1.29, 1.82) is 0 Å². The Bertz CT molecular complexity index is 598.